The lowest BCUT2D eigenvalue weighted by Crippen LogP contribution is -2.11. The minimum absolute atomic E-state index is 0.0104. The zero-order chi connectivity index (χ0) is 14.8. The highest BCUT2D eigenvalue weighted by Crippen LogP contribution is 2.28. The molecule has 4 nitrogen and oxygen atoms in total. The Kier molecular flexibility index (Phi) is 4.64. The zero-order valence-corrected chi connectivity index (χ0v) is 12.5. The van der Waals surface area contributed by atoms with Crippen molar-refractivity contribution in [1.82, 2.24) is 0 Å². The van der Waals surface area contributed by atoms with Gasteiger partial charge in [-0.05, 0) is 30.3 Å². The summed E-state index contributed by atoms with van der Waals surface area (Å²) in [5, 5.41) is 8.93. The lowest BCUT2D eigenvalue weighted by molar-refractivity contribution is 0.300. The van der Waals surface area contributed by atoms with Gasteiger partial charge in [-0.3, -0.25) is 4.72 Å². The smallest absolute Gasteiger partial charge is 0.271 e. The molecule has 0 saturated carbocycles. The van der Waals surface area contributed by atoms with Crippen LogP contribution in [0.2, 0.25) is 5.02 Å². The molecule has 2 rings (SSSR count). The summed E-state index contributed by atoms with van der Waals surface area (Å²) < 4.78 is 39.7. The summed E-state index contributed by atoms with van der Waals surface area (Å²) in [5.74, 6) is -0.584. The second-order valence-corrected chi connectivity index (χ2v) is 7.41. The number of hydrogen-bond acceptors (Lipinski definition) is 4. The van der Waals surface area contributed by atoms with Gasteiger partial charge in [-0.2, -0.15) is 0 Å². The van der Waals surface area contributed by atoms with E-state index in [2.05, 4.69) is 4.72 Å². The second kappa shape index (κ2) is 6.09. The van der Waals surface area contributed by atoms with Crippen molar-refractivity contribution in [3.8, 4) is 0 Å². The van der Waals surface area contributed by atoms with E-state index in [4.69, 9.17) is 16.7 Å². The van der Waals surface area contributed by atoms with E-state index in [1.54, 1.807) is 6.07 Å². The van der Waals surface area contributed by atoms with E-state index < -0.39 is 15.8 Å². The fourth-order valence-corrected chi connectivity index (χ4v) is 4.15. The lowest BCUT2D eigenvalue weighted by atomic mass is 10.3. The van der Waals surface area contributed by atoms with Crippen molar-refractivity contribution in [1.29, 1.82) is 0 Å². The molecule has 1 heterocycles. The molecule has 0 aliphatic rings. The average molecular weight is 336 g/mol. The minimum atomic E-state index is -3.81. The molecule has 1 aromatic heterocycles. The molecule has 0 unspecified atom stereocenters. The Morgan fingerprint density at radius 3 is 2.75 bits per heavy atom. The Labute approximate surface area is 124 Å². The molecular formula is C12H11ClFNO3S2. The number of halogens is 2. The Hall–Kier alpha value is -1.15. The topological polar surface area (TPSA) is 66.4 Å². The number of rotatable bonds is 5. The SMILES string of the molecule is O=S(=O)(Nc1cc(F)ccc1Cl)c1ccc(CCO)s1. The summed E-state index contributed by atoms with van der Waals surface area (Å²) in [6, 6.07) is 6.50. The monoisotopic (exact) mass is 335 g/mol. The van der Waals surface area contributed by atoms with Crippen LogP contribution in [0.5, 0.6) is 0 Å². The number of aliphatic hydroxyl groups excluding tert-OH is 1. The van der Waals surface area contributed by atoms with Crippen LogP contribution in [-0.4, -0.2) is 20.1 Å². The predicted molar refractivity (Wildman–Crippen MR) is 77.3 cm³/mol. The van der Waals surface area contributed by atoms with Crippen LogP contribution in [0.1, 0.15) is 4.88 Å². The van der Waals surface area contributed by atoms with E-state index in [0.717, 1.165) is 28.3 Å². The van der Waals surface area contributed by atoms with Crippen LogP contribution >= 0.6 is 22.9 Å². The molecule has 0 atom stereocenters. The molecule has 1 aromatic carbocycles. The lowest BCUT2D eigenvalue weighted by Gasteiger charge is -2.08. The van der Waals surface area contributed by atoms with Gasteiger partial charge in [-0.15, -0.1) is 11.3 Å². The first-order valence-electron chi connectivity index (χ1n) is 5.60. The van der Waals surface area contributed by atoms with Gasteiger partial charge in [0.25, 0.3) is 10.0 Å². The van der Waals surface area contributed by atoms with Gasteiger partial charge in [0.15, 0.2) is 0 Å². The van der Waals surface area contributed by atoms with Crippen molar-refractivity contribution in [2.24, 2.45) is 0 Å². The Morgan fingerprint density at radius 2 is 2.05 bits per heavy atom. The molecule has 0 bridgehead atoms. The van der Waals surface area contributed by atoms with Gasteiger partial charge in [0.1, 0.15) is 10.0 Å². The molecule has 2 N–H and O–H groups in total. The third-order valence-electron chi connectivity index (χ3n) is 2.43. The minimum Gasteiger partial charge on any atom is -0.396 e. The number of aliphatic hydroxyl groups is 1. The summed E-state index contributed by atoms with van der Waals surface area (Å²) in [6.07, 6.45) is 0.390. The molecule has 0 spiro atoms. The van der Waals surface area contributed by atoms with E-state index in [9.17, 15) is 12.8 Å². The highest BCUT2D eigenvalue weighted by Gasteiger charge is 2.18. The van der Waals surface area contributed by atoms with Crippen LogP contribution in [0.25, 0.3) is 0 Å². The number of hydrogen-bond donors (Lipinski definition) is 2. The normalized spacial score (nSPS) is 11.6. The highest BCUT2D eigenvalue weighted by atomic mass is 35.5. The molecule has 0 radical (unpaired) electrons. The Bertz CT molecular complexity index is 715. The van der Waals surface area contributed by atoms with Crippen LogP contribution in [0.4, 0.5) is 10.1 Å². The fourth-order valence-electron chi connectivity index (χ4n) is 1.52. The third kappa shape index (κ3) is 3.49. The molecule has 0 amide bonds. The van der Waals surface area contributed by atoms with Gasteiger partial charge >= 0.3 is 0 Å². The first-order valence-corrected chi connectivity index (χ1v) is 8.27. The maximum absolute atomic E-state index is 13.1. The quantitative estimate of drug-likeness (QED) is 0.883. The van der Waals surface area contributed by atoms with E-state index in [1.165, 1.54) is 12.1 Å². The van der Waals surface area contributed by atoms with Crippen molar-refractivity contribution in [3.05, 3.63) is 46.0 Å². The van der Waals surface area contributed by atoms with Crippen LogP contribution in [0.15, 0.2) is 34.5 Å². The maximum Gasteiger partial charge on any atom is 0.271 e. The molecule has 0 aliphatic carbocycles. The number of thiophene rings is 1. The Morgan fingerprint density at radius 1 is 1.30 bits per heavy atom. The molecule has 8 heteroatoms. The molecule has 108 valence electrons. The number of benzene rings is 1. The zero-order valence-electron chi connectivity index (χ0n) is 10.1. The molecule has 0 aliphatic heterocycles. The van der Waals surface area contributed by atoms with Gasteiger partial charge in [-0.25, -0.2) is 12.8 Å². The summed E-state index contributed by atoms with van der Waals surface area (Å²) in [5.41, 5.74) is -0.0104. The van der Waals surface area contributed by atoms with E-state index >= 15 is 0 Å². The van der Waals surface area contributed by atoms with E-state index in [1.807, 2.05) is 0 Å². The molecule has 20 heavy (non-hydrogen) atoms. The number of nitrogens with one attached hydrogen (secondary N) is 1. The van der Waals surface area contributed by atoms with Crippen LogP contribution in [0, 0.1) is 5.82 Å². The summed E-state index contributed by atoms with van der Waals surface area (Å²) in [4.78, 5) is 0.748. The maximum atomic E-state index is 13.1. The predicted octanol–water partition coefficient (Wildman–Crippen LogP) is 2.88. The largest absolute Gasteiger partial charge is 0.396 e. The van der Waals surface area contributed by atoms with Gasteiger partial charge < -0.3 is 5.11 Å². The summed E-state index contributed by atoms with van der Waals surface area (Å²) in [6.45, 7) is -0.0524. The molecule has 0 fully saturated rings. The Balaban J connectivity index is 2.28. The van der Waals surface area contributed by atoms with Gasteiger partial charge in [0, 0.05) is 17.9 Å². The van der Waals surface area contributed by atoms with Crippen molar-refractivity contribution in [3.63, 3.8) is 0 Å². The van der Waals surface area contributed by atoms with Crippen molar-refractivity contribution >= 4 is 38.6 Å². The van der Waals surface area contributed by atoms with Crippen molar-refractivity contribution in [2.75, 3.05) is 11.3 Å². The first kappa shape index (κ1) is 15.2. The fraction of sp³-hybridized carbons (Fsp3) is 0.167. The van der Waals surface area contributed by atoms with Gasteiger partial charge in [0.2, 0.25) is 0 Å². The van der Waals surface area contributed by atoms with Crippen molar-refractivity contribution in [2.45, 2.75) is 10.6 Å². The molecule has 0 saturated heterocycles. The standard InChI is InChI=1S/C12H11ClFNO3S2/c13-10-3-1-8(14)7-11(10)15-20(17,18)12-4-2-9(19-12)5-6-16/h1-4,7,15-16H,5-6H2. The second-order valence-electron chi connectivity index (χ2n) is 3.92. The average Bonchev–Trinajstić information content (AvgIpc) is 2.83. The molecular weight excluding hydrogens is 325 g/mol. The van der Waals surface area contributed by atoms with Crippen LogP contribution in [-0.2, 0) is 16.4 Å². The number of anilines is 1. The van der Waals surface area contributed by atoms with E-state index in [-0.39, 0.29) is 21.5 Å². The van der Waals surface area contributed by atoms with Crippen LogP contribution in [0.3, 0.4) is 0 Å². The van der Waals surface area contributed by atoms with E-state index in [0.29, 0.717) is 6.42 Å². The van der Waals surface area contributed by atoms with Crippen LogP contribution < -0.4 is 4.72 Å². The first-order chi connectivity index (χ1) is 9.42. The number of sulfonamides is 1. The highest BCUT2D eigenvalue weighted by molar-refractivity contribution is 7.94. The summed E-state index contributed by atoms with van der Waals surface area (Å²) >= 11 is 6.87. The van der Waals surface area contributed by atoms with Gasteiger partial charge in [-0.1, -0.05) is 11.6 Å². The van der Waals surface area contributed by atoms with Crippen molar-refractivity contribution < 1.29 is 17.9 Å². The van der Waals surface area contributed by atoms with Gasteiger partial charge in [0.05, 0.1) is 10.7 Å². The third-order valence-corrected chi connectivity index (χ3v) is 5.76. The summed E-state index contributed by atoms with van der Waals surface area (Å²) in [7, 11) is -3.81. The molecule has 2 aromatic rings.